The van der Waals surface area contributed by atoms with Crippen molar-refractivity contribution in [3.63, 3.8) is 0 Å². The number of thiazole rings is 1. The number of nitrogens with one attached hydrogen (secondary N) is 1. The fourth-order valence-electron chi connectivity index (χ4n) is 5.41. The molecule has 0 unspecified atom stereocenters. The summed E-state index contributed by atoms with van der Waals surface area (Å²) in [5.41, 5.74) is -0.415. The zero-order valence-electron chi connectivity index (χ0n) is 24.9. The summed E-state index contributed by atoms with van der Waals surface area (Å²) in [7, 11) is 1.63. The molecule has 2 saturated heterocycles. The van der Waals surface area contributed by atoms with Gasteiger partial charge in [0.25, 0.3) is 0 Å². The lowest BCUT2D eigenvalue weighted by Crippen LogP contribution is -2.47. The largest absolute Gasteiger partial charge is 0.466 e. The van der Waals surface area contributed by atoms with Crippen LogP contribution in [0.3, 0.4) is 0 Å². The Labute approximate surface area is 267 Å². The number of carbonyl (C=O) groups excluding carboxylic acids is 1. The van der Waals surface area contributed by atoms with E-state index in [1.54, 1.807) is 14.0 Å². The number of halogens is 5. The van der Waals surface area contributed by atoms with Gasteiger partial charge in [-0.3, -0.25) is 9.69 Å². The summed E-state index contributed by atoms with van der Waals surface area (Å²) in [5, 5.41) is 3.42. The maximum atomic E-state index is 15.8. The van der Waals surface area contributed by atoms with E-state index >= 15 is 4.39 Å². The van der Waals surface area contributed by atoms with Crippen LogP contribution in [0.1, 0.15) is 31.7 Å². The van der Waals surface area contributed by atoms with E-state index in [9.17, 15) is 18.0 Å². The molecule has 0 radical (unpaired) electrons. The van der Waals surface area contributed by atoms with Crippen molar-refractivity contribution in [1.82, 2.24) is 19.9 Å². The smallest absolute Gasteiger partial charge is 0.417 e. The lowest BCUT2D eigenvalue weighted by Gasteiger charge is -2.35. The standard InChI is InChI=1S/C29H34ClF4N7O3S/c1-3-44-22(42)8-10-39-11-13-40(14-12-39)26-23(31)25(35-17-36-26)38-28-37-24(18-6-7-21(30)20(15-18)29(32,33)34)27(45-28)41-9-4-5-19(16-41)43-2/h6-7,15,17,19H,3-5,8-14,16H2,1-2H3,(H,35,36,37,38)/t19-/m0/s1. The van der Waals surface area contributed by atoms with Gasteiger partial charge in [-0.05, 0) is 31.9 Å². The Morgan fingerprint density at radius 2 is 1.93 bits per heavy atom. The van der Waals surface area contributed by atoms with Crippen LogP contribution >= 0.6 is 22.9 Å². The molecular formula is C29H34ClF4N7O3S. The van der Waals surface area contributed by atoms with Crippen molar-refractivity contribution in [2.75, 3.05) is 74.6 Å². The third-order valence-corrected chi connectivity index (χ3v) is 9.12. The average molecular weight is 672 g/mol. The molecule has 45 heavy (non-hydrogen) atoms. The van der Waals surface area contributed by atoms with Crippen molar-refractivity contribution in [2.45, 2.75) is 38.5 Å². The Kier molecular flexibility index (Phi) is 10.6. The van der Waals surface area contributed by atoms with Crippen molar-refractivity contribution in [3.8, 4) is 11.3 Å². The number of aromatic nitrogens is 3. The Morgan fingerprint density at radius 3 is 2.64 bits per heavy atom. The topological polar surface area (TPSA) is 96.0 Å². The summed E-state index contributed by atoms with van der Waals surface area (Å²) in [5.74, 6) is -0.890. The third-order valence-electron chi connectivity index (χ3n) is 7.76. The Morgan fingerprint density at radius 1 is 1.16 bits per heavy atom. The normalized spacial score (nSPS) is 17.9. The minimum atomic E-state index is -4.65. The van der Waals surface area contributed by atoms with Gasteiger partial charge in [0.05, 0.1) is 29.7 Å². The number of anilines is 4. The van der Waals surface area contributed by atoms with Gasteiger partial charge in [-0.2, -0.15) is 17.6 Å². The van der Waals surface area contributed by atoms with E-state index in [-0.39, 0.29) is 34.4 Å². The fraction of sp³-hybridized carbons (Fsp3) is 0.517. The first-order valence-corrected chi connectivity index (χ1v) is 15.8. The zero-order valence-corrected chi connectivity index (χ0v) is 26.4. The number of piperazine rings is 1. The molecule has 244 valence electrons. The molecule has 5 rings (SSSR count). The molecule has 2 fully saturated rings. The van der Waals surface area contributed by atoms with Crippen molar-refractivity contribution in [3.05, 3.63) is 40.9 Å². The van der Waals surface area contributed by atoms with Crippen LogP contribution in [-0.2, 0) is 20.4 Å². The molecule has 1 aromatic carbocycles. The van der Waals surface area contributed by atoms with Gasteiger partial charge in [-0.25, -0.2) is 15.0 Å². The highest BCUT2D eigenvalue weighted by molar-refractivity contribution is 7.20. The van der Waals surface area contributed by atoms with Crippen LogP contribution in [0.4, 0.5) is 39.3 Å². The second-order valence-corrected chi connectivity index (χ2v) is 12.1. The van der Waals surface area contributed by atoms with Crippen molar-refractivity contribution in [2.24, 2.45) is 0 Å². The second-order valence-electron chi connectivity index (χ2n) is 10.7. The van der Waals surface area contributed by atoms with Gasteiger partial charge >= 0.3 is 12.1 Å². The number of benzene rings is 1. The van der Waals surface area contributed by atoms with Crippen molar-refractivity contribution in [1.29, 1.82) is 0 Å². The van der Waals surface area contributed by atoms with Crippen molar-refractivity contribution < 1.29 is 31.8 Å². The van der Waals surface area contributed by atoms with Crippen LogP contribution in [0, 0.1) is 5.82 Å². The van der Waals surface area contributed by atoms with Gasteiger partial charge < -0.3 is 24.6 Å². The number of nitrogens with zero attached hydrogens (tertiary/aromatic N) is 6. The van der Waals surface area contributed by atoms with Crippen LogP contribution in [0.25, 0.3) is 11.3 Å². The molecule has 0 aliphatic carbocycles. The van der Waals surface area contributed by atoms with Gasteiger partial charge in [-0.1, -0.05) is 29.0 Å². The molecule has 0 saturated carbocycles. The lowest BCUT2D eigenvalue weighted by atomic mass is 10.1. The summed E-state index contributed by atoms with van der Waals surface area (Å²) in [4.78, 5) is 30.6. The molecule has 3 aromatic rings. The van der Waals surface area contributed by atoms with E-state index in [0.29, 0.717) is 69.5 Å². The summed E-state index contributed by atoms with van der Waals surface area (Å²) in [6.07, 6.45) is -1.46. The number of rotatable bonds is 10. The van der Waals surface area contributed by atoms with E-state index in [4.69, 9.17) is 21.1 Å². The zero-order chi connectivity index (χ0) is 32.1. The number of ether oxygens (including phenoxy) is 2. The molecule has 2 aromatic heterocycles. The highest BCUT2D eigenvalue weighted by atomic mass is 35.5. The molecule has 0 spiro atoms. The van der Waals surface area contributed by atoms with Crippen LogP contribution in [-0.4, -0.2) is 91.5 Å². The van der Waals surface area contributed by atoms with E-state index < -0.39 is 22.6 Å². The number of methoxy groups -OCH3 is 1. The lowest BCUT2D eigenvalue weighted by molar-refractivity contribution is -0.143. The molecule has 0 amide bonds. The second kappa shape index (κ2) is 14.4. The molecule has 4 heterocycles. The first kappa shape index (κ1) is 33.1. The van der Waals surface area contributed by atoms with Gasteiger partial charge in [0.15, 0.2) is 16.8 Å². The van der Waals surface area contributed by atoms with E-state index in [1.807, 2.05) is 9.80 Å². The summed E-state index contributed by atoms with van der Waals surface area (Å²) >= 11 is 7.09. The first-order chi connectivity index (χ1) is 21.6. The van der Waals surface area contributed by atoms with Gasteiger partial charge in [0, 0.05) is 58.5 Å². The Hall–Kier alpha value is -3.27. The SMILES string of the molecule is CCOC(=O)CCN1CCN(c2ncnc(Nc3nc(-c4ccc(Cl)c(C(F)(F)F)c4)c(N4CCC[C@H](OC)C4)s3)c2F)CC1. The summed E-state index contributed by atoms with van der Waals surface area (Å²) in [6, 6.07) is 3.68. The van der Waals surface area contributed by atoms with Crippen LogP contribution < -0.4 is 15.1 Å². The van der Waals surface area contributed by atoms with Crippen LogP contribution in [0.5, 0.6) is 0 Å². The minimum absolute atomic E-state index is 0.0476. The predicted octanol–water partition coefficient (Wildman–Crippen LogP) is 5.85. The van der Waals surface area contributed by atoms with Crippen molar-refractivity contribution >= 4 is 50.7 Å². The first-order valence-electron chi connectivity index (χ1n) is 14.6. The molecule has 2 aliphatic rings. The van der Waals surface area contributed by atoms with E-state index in [2.05, 4.69) is 25.2 Å². The molecule has 2 aliphatic heterocycles. The summed E-state index contributed by atoms with van der Waals surface area (Å²) < 4.78 is 67.5. The highest BCUT2D eigenvalue weighted by Gasteiger charge is 2.34. The number of hydrogen-bond donors (Lipinski definition) is 1. The van der Waals surface area contributed by atoms with Gasteiger partial charge in [0.2, 0.25) is 5.82 Å². The molecule has 10 nitrogen and oxygen atoms in total. The monoisotopic (exact) mass is 671 g/mol. The van der Waals surface area contributed by atoms with Gasteiger partial charge in [-0.15, -0.1) is 0 Å². The van der Waals surface area contributed by atoms with E-state index in [0.717, 1.165) is 18.9 Å². The maximum absolute atomic E-state index is 15.8. The Balaban J connectivity index is 1.38. The number of esters is 1. The number of hydrogen-bond acceptors (Lipinski definition) is 11. The Bertz CT molecular complexity index is 1490. The average Bonchev–Trinajstić information content (AvgIpc) is 3.45. The van der Waals surface area contributed by atoms with E-state index in [1.165, 1.54) is 29.8 Å². The molecule has 1 atom stereocenters. The number of piperidine rings is 1. The van der Waals surface area contributed by atoms with Crippen LogP contribution in [0.15, 0.2) is 24.5 Å². The fourth-order valence-corrected chi connectivity index (χ4v) is 6.66. The highest BCUT2D eigenvalue weighted by Crippen LogP contribution is 2.44. The minimum Gasteiger partial charge on any atom is -0.466 e. The molecule has 0 bridgehead atoms. The van der Waals surface area contributed by atoms with Gasteiger partial charge in [0.1, 0.15) is 17.0 Å². The third kappa shape index (κ3) is 7.94. The number of alkyl halides is 3. The summed E-state index contributed by atoms with van der Waals surface area (Å²) in [6.45, 7) is 6.07. The number of carbonyl (C=O) groups is 1. The maximum Gasteiger partial charge on any atom is 0.417 e. The molecule has 16 heteroatoms. The quantitative estimate of drug-likeness (QED) is 0.209. The molecular weight excluding hydrogens is 638 g/mol. The van der Waals surface area contributed by atoms with Crippen LogP contribution in [0.2, 0.25) is 5.02 Å². The molecule has 1 N–H and O–H groups in total. The predicted molar refractivity (Wildman–Crippen MR) is 165 cm³/mol.